The van der Waals surface area contributed by atoms with Crippen molar-refractivity contribution in [1.29, 1.82) is 0 Å². The fourth-order valence-electron chi connectivity index (χ4n) is 1.55. The molecule has 0 saturated heterocycles. The van der Waals surface area contributed by atoms with E-state index >= 15 is 0 Å². The van der Waals surface area contributed by atoms with Gasteiger partial charge in [0.2, 0.25) is 0 Å². The predicted octanol–water partition coefficient (Wildman–Crippen LogP) is 3.13. The van der Waals surface area contributed by atoms with Gasteiger partial charge in [0.05, 0.1) is 0 Å². The molecular formula is C13H20BrNO. The summed E-state index contributed by atoms with van der Waals surface area (Å²) in [6.45, 7) is 6.99. The molecule has 3 heteroatoms. The number of aryl methyl sites for hydroxylation is 1. The third-order valence-electron chi connectivity index (χ3n) is 2.51. The third kappa shape index (κ3) is 4.64. The molecule has 0 radical (unpaired) electrons. The molecular weight excluding hydrogens is 266 g/mol. The topological polar surface area (TPSA) is 21.3 Å². The first-order valence-electron chi connectivity index (χ1n) is 5.58. The van der Waals surface area contributed by atoms with Crippen molar-refractivity contribution in [2.24, 2.45) is 5.92 Å². The normalized spacial score (nSPS) is 12.8. The molecule has 16 heavy (non-hydrogen) atoms. The average Bonchev–Trinajstić information content (AvgIpc) is 2.24. The zero-order chi connectivity index (χ0) is 12.0. The van der Waals surface area contributed by atoms with Crippen LogP contribution in [0.4, 0.5) is 0 Å². The number of halogens is 1. The van der Waals surface area contributed by atoms with Crippen molar-refractivity contribution in [1.82, 2.24) is 5.32 Å². The fourth-order valence-corrected chi connectivity index (χ4v) is 1.98. The van der Waals surface area contributed by atoms with Crippen LogP contribution in [0, 0.1) is 12.8 Å². The van der Waals surface area contributed by atoms with E-state index in [1.54, 1.807) is 7.11 Å². The molecule has 0 aromatic heterocycles. The van der Waals surface area contributed by atoms with Crippen molar-refractivity contribution in [3.8, 4) is 0 Å². The molecule has 1 aromatic rings. The minimum absolute atomic E-state index is 0.555. The SMILES string of the molecule is COCC(C)CNCc1ccc(C)c(Br)c1. The maximum absolute atomic E-state index is 5.09. The van der Waals surface area contributed by atoms with E-state index in [1.807, 2.05) is 0 Å². The number of hydrogen-bond acceptors (Lipinski definition) is 2. The highest BCUT2D eigenvalue weighted by atomic mass is 79.9. The molecule has 1 atom stereocenters. The summed E-state index contributed by atoms with van der Waals surface area (Å²) in [6, 6.07) is 6.47. The minimum Gasteiger partial charge on any atom is -0.384 e. The van der Waals surface area contributed by atoms with Gasteiger partial charge in [-0.25, -0.2) is 0 Å². The molecule has 0 aliphatic carbocycles. The second-order valence-corrected chi connectivity index (χ2v) is 5.13. The van der Waals surface area contributed by atoms with Crippen LogP contribution in [0.25, 0.3) is 0 Å². The molecule has 1 rings (SSSR count). The van der Waals surface area contributed by atoms with E-state index in [4.69, 9.17) is 4.74 Å². The van der Waals surface area contributed by atoms with Gasteiger partial charge in [-0.3, -0.25) is 0 Å². The van der Waals surface area contributed by atoms with E-state index in [1.165, 1.54) is 15.6 Å². The van der Waals surface area contributed by atoms with Crippen molar-refractivity contribution < 1.29 is 4.74 Å². The molecule has 90 valence electrons. The maximum atomic E-state index is 5.09. The highest BCUT2D eigenvalue weighted by Gasteiger charge is 2.01. The summed E-state index contributed by atoms with van der Waals surface area (Å²) in [6.07, 6.45) is 0. The Morgan fingerprint density at radius 3 is 2.81 bits per heavy atom. The Morgan fingerprint density at radius 2 is 2.19 bits per heavy atom. The quantitative estimate of drug-likeness (QED) is 0.867. The molecule has 0 fully saturated rings. The van der Waals surface area contributed by atoms with Crippen LogP contribution in [0.5, 0.6) is 0 Å². The zero-order valence-electron chi connectivity index (χ0n) is 10.2. The second-order valence-electron chi connectivity index (χ2n) is 4.27. The van der Waals surface area contributed by atoms with Crippen LogP contribution in [0.1, 0.15) is 18.1 Å². The standard InChI is InChI=1S/C13H20BrNO/c1-10(9-16-3)7-15-8-12-5-4-11(2)13(14)6-12/h4-6,10,15H,7-9H2,1-3H3. The number of nitrogens with one attached hydrogen (secondary N) is 1. The van der Waals surface area contributed by atoms with Crippen LogP contribution >= 0.6 is 15.9 Å². The van der Waals surface area contributed by atoms with Gasteiger partial charge >= 0.3 is 0 Å². The molecule has 2 nitrogen and oxygen atoms in total. The smallest absolute Gasteiger partial charge is 0.0499 e. The Labute approximate surface area is 107 Å². The fraction of sp³-hybridized carbons (Fsp3) is 0.538. The summed E-state index contributed by atoms with van der Waals surface area (Å²) in [5, 5.41) is 3.43. The van der Waals surface area contributed by atoms with Crippen molar-refractivity contribution in [3.63, 3.8) is 0 Å². The Kier molecular flexibility index (Phi) is 6.03. The maximum Gasteiger partial charge on any atom is 0.0499 e. The summed E-state index contributed by atoms with van der Waals surface area (Å²) >= 11 is 3.54. The first-order chi connectivity index (χ1) is 7.63. The molecule has 0 amide bonds. The van der Waals surface area contributed by atoms with Crippen LogP contribution < -0.4 is 5.32 Å². The lowest BCUT2D eigenvalue weighted by molar-refractivity contribution is 0.158. The predicted molar refractivity (Wildman–Crippen MR) is 71.6 cm³/mol. The molecule has 0 spiro atoms. The monoisotopic (exact) mass is 285 g/mol. The Morgan fingerprint density at radius 1 is 1.44 bits per heavy atom. The Hall–Kier alpha value is -0.380. The van der Waals surface area contributed by atoms with Gasteiger partial charge in [-0.2, -0.15) is 0 Å². The van der Waals surface area contributed by atoms with Crippen molar-refractivity contribution in [2.75, 3.05) is 20.3 Å². The largest absolute Gasteiger partial charge is 0.384 e. The summed E-state index contributed by atoms with van der Waals surface area (Å²) in [7, 11) is 1.74. The molecule has 0 aliphatic heterocycles. The Balaban J connectivity index is 2.34. The number of rotatable bonds is 6. The van der Waals surface area contributed by atoms with Crippen LogP contribution in [0.3, 0.4) is 0 Å². The lowest BCUT2D eigenvalue weighted by atomic mass is 10.1. The van der Waals surface area contributed by atoms with Gasteiger partial charge < -0.3 is 10.1 Å². The third-order valence-corrected chi connectivity index (χ3v) is 3.36. The van der Waals surface area contributed by atoms with Crippen molar-refractivity contribution in [2.45, 2.75) is 20.4 Å². The van der Waals surface area contributed by atoms with Gasteiger partial charge in [-0.15, -0.1) is 0 Å². The molecule has 0 saturated carbocycles. The van der Waals surface area contributed by atoms with Gasteiger partial charge in [0.15, 0.2) is 0 Å². The second kappa shape index (κ2) is 7.05. The molecule has 0 heterocycles. The Bertz CT molecular complexity index is 328. The average molecular weight is 286 g/mol. The summed E-state index contributed by atoms with van der Waals surface area (Å²) in [4.78, 5) is 0. The molecule has 0 aliphatic rings. The molecule has 1 N–H and O–H groups in total. The van der Waals surface area contributed by atoms with Crippen molar-refractivity contribution in [3.05, 3.63) is 33.8 Å². The van der Waals surface area contributed by atoms with Gasteiger partial charge in [-0.1, -0.05) is 35.0 Å². The highest BCUT2D eigenvalue weighted by Crippen LogP contribution is 2.17. The van der Waals surface area contributed by atoms with E-state index in [9.17, 15) is 0 Å². The first-order valence-corrected chi connectivity index (χ1v) is 6.37. The van der Waals surface area contributed by atoms with Crippen LogP contribution in [-0.4, -0.2) is 20.3 Å². The van der Waals surface area contributed by atoms with Gasteiger partial charge in [0, 0.05) is 31.3 Å². The number of methoxy groups -OCH3 is 1. The first kappa shape index (κ1) is 13.7. The van der Waals surface area contributed by atoms with Crippen LogP contribution in [-0.2, 0) is 11.3 Å². The van der Waals surface area contributed by atoms with Crippen LogP contribution in [0.15, 0.2) is 22.7 Å². The van der Waals surface area contributed by atoms with E-state index < -0.39 is 0 Å². The van der Waals surface area contributed by atoms with Crippen molar-refractivity contribution >= 4 is 15.9 Å². The zero-order valence-corrected chi connectivity index (χ0v) is 11.8. The summed E-state index contributed by atoms with van der Waals surface area (Å²) in [5.74, 6) is 0.555. The highest BCUT2D eigenvalue weighted by molar-refractivity contribution is 9.10. The van der Waals surface area contributed by atoms with Gasteiger partial charge in [0.25, 0.3) is 0 Å². The minimum atomic E-state index is 0.555. The number of benzene rings is 1. The van der Waals surface area contributed by atoms with E-state index in [0.29, 0.717) is 5.92 Å². The van der Waals surface area contributed by atoms with Crippen LogP contribution in [0.2, 0.25) is 0 Å². The summed E-state index contributed by atoms with van der Waals surface area (Å²) < 4.78 is 6.27. The molecule has 0 bridgehead atoms. The lowest BCUT2D eigenvalue weighted by Crippen LogP contribution is -2.23. The van der Waals surface area contributed by atoms with Gasteiger partial charge in [0.1, 0.15) is 0 Å². The van der Waals surface area contributed by atoms with E-state index in [-0.39, 0.29) is 0 Å². The number of hydrogen-bond donors (Lipinski definition) is 1. The van der Waals surface area contributed by atoms with E-state index in [2.05, 4.69) is 53.3 Å². The van der Waals surface area contributed by atoms with E-state index in [0.717, 1.165) is 19.7 Å². The molecule has 1 unspecified atom stereocenters. The summed E-state index contributed by atoms with van der Waals surface area (Å²) in [5.41, 5.74) is 2.58. The lowest BCUT2D eigenvalue weighted by Gasteiger charge is -2.11. The number of ether oxygens (including phenoxy) is 1. The molecule has 1 aromatic carbocycles. The van der Waals surface area contributed by atoms with Gasteiger partial charge in [-0.05, 0) is 30.0 Å².